The first-order chi connectivity index (χ1) is 3.95. The van der Waals surface area contributed by atoms with Crippen LogP contribution in [-0.4, -0.2) is 12.1 Å². The third-order valence-corrected chi connectivity index (χ3v) is 0.709. The van der Waals surface area contributed by atoms with Gasteiger partial charge in [-0.3, -0.25) is 0 Å². The van der Waals surface area contributed by atoms with Crippen molar-refractivity contribution in [1.82, 2.24) is 0 Å². The number of rotatable bonds is 2. The molecule has 0 aromatic heterocycles. The number of quaternary nitrogens is 1. The van der Waals surface area contributed by atoms with Crippen LogP contribution in [0.5, 0.6) is 0 Å². The normalized spacial score (nSPS) is 15.7. The Hall–Kier alpha value is -0.120. The molecule has 0 aromatic rings. The Bertz CT molecular complexity index is 77.6. The van der Waals surface area contributed by atoms with E-state index >= 15 is 0 Å². The van der Waals surface area contributed by atoms with Crippen LogP contribution >= 0.6 is 0 Å². The maximum absolute atomic E-state index is 10.6. The maximum atomic E-state index is 10.6. The fourth-order valence-corrected chi connectivity index (χ4v) is 0.414. The summed E-state index contributed by atoms with van der Waals surface area (Å²) in [6.07, 6.45) is 0. The van der Waals surface area contributed by atoms with E-state index in [1.165, 1.54) is 0 Å². The average Bonchev–Trinajstić information content (AvgIpc) is 1.62. The van der Waals surface area contributed by atoms with Crippen molar-refractivity contribution in [1.29, 1.82) is 0 Å². The number of hydroxylamine groups is 2. The van der Waals surface area contributed by atoms with Gasteiger partial charge in [0, 0.05) is 0 Å². The molecule has 0 aromatic carbocycles. The zero-order valence-electron chi connectivity index (χ0n) is 6.52. The van der Waals surface area contributed by atoms with Crippen LogP contribution in [0, 0.1) is 5.21 Å². The van der Waals surface area contributed by atoms with Gasteiger partial charge in [-0.2, -0.15) is 4.84 Å². The van der Waals surface area contributed by atoms with E-state index in [1.807, 2.05) is 20.8 Å². The molecule has 0 aliphatic rings. The van der Waals surface area contributed by atoms with Crippen molar-refractivity contribution < 1.29 is 10.1 Å². The second-order valence-corrected chi connectivity index (χ2v) is 2.94. The molecule has 0 bridgehead atoms. The van der Waals surface area contributed by atoms with Gasteiger partial charge in [0.05, 0.1) is 0 Å². The molecular weight excluding hydrogens is 118 g/mol. The first-order valence-corrected chi connectivity index (χ1v) is 3.17. The van der Waals surface area contributed by atoms with E-state index in [1.54, 1.807) is 6.92 Å². The Morgan fingerprint density at radius 1 is 1.44 bits per heavy atom. The van der Waals surface area contributed by atoms with Crippen LogP contribution in [0.3, 0.4) is 0 Å². The lowest BCUT2D eigenvalue weighted by Gasteiger charge is -2.26. The molecule has 9 heavy (non-hydrogen) atoms. The summed E-state index contributed by atoms with van der Waals surface area (Å²) in [5.74, 6) is 0. The van der Waals surface area contributed by atoms with Crippen molar-refractivity contribution in [2.75, 3.05) is 6.54 Å². The Morgan fingerprint density at radius 3 is 2.00 bits per heavy atom. The number of hydrogen-bond acceptors (Lipinski definition) is 2. The van der Waals surface area contributed by atoms with Crippen LogP contribution in [0.15, 0.2) is 0 Å². The smallest absolute Gasteiger partial charge is 0.119 e. The molecule has 0 radical (unpaired) electrons. The summed E-state index contributed by atoms with van der Waals surface area (Å²) in [5, 5.41) is 10.5. The first kappa shape index (κ1) is 8.88. The van der Waals surface area contributed by atoms with Crippen molar-refractivity contribution in [3.63, 3.8) is 0 Å². The lowest BCUT2D eigenvalue weighted by Crippen LogP contribution is -3.07. The molecule has 3 heteroatoms. The summed E-state index contributed by atoms with van der Waals surface area (Å²) in [4.78, 5) is 4.95. The predicted molar refractivity (Wildman–Crippen MR) is 35.7 cm³/mol. The average molecular weight is 133 g/mol. The highest BCUT2D eigenvalue weighted by Gasteiger charge is 2.14. The Balaban J connectivity index is 3.47. The molecule has 0 fully saturated rings. The predicted octanol–water partition coefficient (Wildman–Crippen LogP) is 0.119. The van der Waals surface area contributed by atoms with E-state index in [4.69, 9.17) is 4.84 Å². The molecule has 0 aliphatic carbocycles. The topological polar surface area (TPSA) is 36.7 Å². The monoisotopic (exact) mass is 133 g/mol. The van der Waals surface area contributed by atoms with Gasteiger partial charge in [-0.1, -0.05) is 0 Å². The highest BCUT2D eigenvalue weighted by molar-refractivity contribution is 4.53. The second-order valence-electron chi connectivity index (χ2n) is 2.94. The summed E-state index contributed by atoms with van der Waals surface area (Å²) < 4.78 is 0. The van der Waals surface area contributed by atoms with Crippen LogP contribution in [-0.2, 0) is 4.84 Å². The molecule has 0 heterocycles. The Kier molecular flexibility index (Phi) is 3.11. The van der Waals surface area contributed by atoms with Crippen molar-refractivity contribution >= 4 is 0 Å². The SMILES string of the molecule is CC[NH+]([O-])OC(C)(C)C. The fraction of sp³-hybridized carbons (Fsp3) is 1.00. The van der Waals surface area contributed by atoms with E-state index < -0.39 is 0 Å². The van der Waals surface area contributed by atoms with Gasteiger partial charge in [0.25, 0.3) is 0 Å². The second kappa shape index (κ2) is 3.15. The fourth-order valence-electron chi connectivity index (χ4n) is 0.414. The van der Waals surface area contributed by atoms with E-state index in [9.17, 15) is 5.21 Å². The van der Waals surface area contributed by atoms with Crippen LogP contribution in [0.1, 0.15) is 27.7 Å². The molecule has 0 saturated carbocycles. The summed E-state index contributed by atoms with van der Waals surface area (Å²) in [6.45, 7) is 7.83. The van der Waals surface area contributed by atoms with Crippen molar-refractivity contribution in [3.8, 4) is 0 Å². The highest BCUT2D eigenvalue weighted by atomic mass is 16.9. The summed E-state index contributed by atoms with van der Waals surface area (Å²) in [5.41, 5.74) is -0.326. The summed E-state index contributed by atoms with van der Waals surface area (Å²) in [7, 11) is 0. The third kappa shape index (κ3) is 5.76. The minimum Gasteiger partial charge on any atom is -0.600 e. The molecule has 0 rings (SSSR count). The standard InChI is InChI=1S/C6H15NO2/c1-5-7(8)9-6(2,3)4/h7H,5H2,1-4H3. The summed E-state index contributed by atoms with van der Waals surface area (Å²) >= 11 is 0. The maximum Gasteiger partial charge on any atom is 0.119 e. The largest absolute Gasteiger partial charge is 0.600 e. The Morgan fingerprint density at radius 2 is 1.89 bits per heavy atom. The zero-order valence-corrected chi connectivity index (χ0v) is 6.52. The highest BCUT2D eigenvalue weighted by Crippen LogP contribution is 2.00. The lowest BCUT2D eigenvalue weighted by molar-refractivity contribution is -1.06. The van der Waals surface area contributed by atoms with Crippen LogP contribution in [0.4, 0.5) is 0 Å². The molecular formula is C6H15NO2. The van der Waals surface area contributed by atoms with Crippen molar-refractivity contribution in [2.24, 2.45) is 0 Å². The molecule has 56 valence electrons. The van der Waals surface area contributed by atoms with Crippen molar-refractivity contribution in [2.45, 2.75) is 33.3 Å². The van der Waals surface area contributed by atoms with Crippen LogP contribution in [0.2, 0.25) is 0 Å². The lowest BCUT2D eigenvalue weighted by atomic mass is 10.2. The van der Waals surface area contributed by atoms with Gasteiger partial charge < -0.3 is 5.21 Å². The first-order valence-electron chi connectivity index (χ1n) is 3.17. The van der Waals surface area contributed by atoms with Gasteiger partial charge in [-0.05, 0) is 27.7 Å². The minimum absolute atomic E-state index is 0.137. The van der Waals surface area contributed by atoms with Crippen LogP contribution < -0.4 is 5.23 Å². The third-order valence-electron chi connectivity index (χ3n) is 0.709. The van der Waals surface area contributed by atoms with Gasteiger partial charge in [-0.15, -0.1) is 0 Å². The summed E-state index contributed by atoms with van der Waals surface area (Å²) in [6, 6.07) is 0. The van der Waals surface area contributed by atoms with Crippen molar-refractivity contribution in [3.05, 3.63) is 5.21 Å². The van der Waals surface area contributed by atoms with E-state index in [-0.39, 0.29) is 10.8 Å². The molecule has 3 nitrogen and oxygen atoms in total. The number of hydrogen-bond donors (Lipinski definition) is 1. The molecule has 0 amide bonds. The Labute approximate surface area is 56.1 Å². The van der Waals surface area contributed by atoms with E-state index in [0.29, 0.717) is 6.54 Å². The van der Waals surface area contributed by atoms with Gasteiger partial charge in [-0.25, -0.2) is 5.23 Å². The van der Waals surface area contributed by atoms with E-state index in [2.05, 4.69) is 0 Å². The van der Waals surface area contributed by atoms with Gasteiger partial charge in [0.2, 0.25) is 0 Å². The van der Waals surface area contributed by atoms with Crippen LogP contribution in [0.25, 0.3) is 0 Å². The van der Waals surface area contributed by atoms with Gasteiger partial charge in [0.1, 0.15) is 12.1 Å². The molecule has 1 atom stereocenters. The molecule has 0 aliphatic heterocycles. The molecule has 1 unspecified atom stereocenters. The molecule has 1 N–H and O–H groups in total. The quantitative estimate of drug-likeness (QED) is 0.543. The molecule has 0 saturated heterocycles. The van der Waals surface area contributed by atoms with Gasteiger partial charge >= 0.3 is 0 Å². The molecule has 0 spiro atoms. The van der Waals surface area contributed by atoms with E-state index in [0.717, 1.165) is 0 Å². The van der Waals surface area contributed by atoms with Gasteiger partial charge in [0.15, 0.2) is 0 Å². The zero-order chi connectivity index (χ0) is 7.49. The minimum atomic E-state index is -0.326. The number of nitrogens with one attached hydrogen (secondary N) is 1.